The number of nitrogens with one attached hydrogen (secondary N) is 1. The molecular formula is C23H15ClF6N4O3. The SMILES string of the molecule is COc1ccc(-c2cc(C(F)(F)F)n3nc(C(=O)Nc4cc(C(F)(F)F)ccc4Cl)cc3n2)cc1OC. The normalized spacial score (nSPS) is 12.0. The van der Waals surface area contributed by atoms with E-state index in [0.717, 1.165) is 24.3 Å². The molecule has 0 bridgehead atoms. The Morgan fingerprint density at radius 1 is 0.919 bits per heavy atom. The lowest BCUT2D eigenvalue weighted by molar-refractivity contribution is -0.142. The van der Waals surface area contributed by atoms with Gasteiger partial charge in [-0.1, -0.05) is 11.6 Å². The van der Waals surface area contributed by atoms with Crippen LogP contribution in [0.2, 0.25) is 5.02 Å². The molecule has 0 aliphatic heterocycles. The van der Waals surface area contributed by atoms with Gasteiger partial charge >= 0.3 is 12.4 Å². The molecule has 37 heavy (non-hydrogen) atoms. The van der Waals surface area contributed by atoms with Crippen molar-refractivity contribution in [2.75, 3.05) is 19.5 Å². The highest BCUT2D eigenvalue weighted by molar-refractivity contribution is 6.34. The van der Waals surface area contributed by atoms with Crippen LogP contribution in [0, 0.1) is 0 Å². The number of halogens is 7. The Hall–Kier alpha value is -4.00. The molecule has 0 spiro atoms. The average Bonchev–Trinajstić information content (AvgIpc) is 3.27. The molecule has 2 heterocycles. The number of anilines is 1. The van der Waals surface area contributed by atoms with E-state index >= 15 is 0 Å². The molecule has 1 N–H and O–H groups in total. The average molecular weight is 545 g/mol. The van der Waals surface area contributed by atoms with Crippen LogP contribution in [-0.4, -0.2) is 34.7 Å². The molecule has 0 saturated heterocycles. The van der Waals surface area contributed by atoms with Gasteiger partial charge in [-0.05, 0) is 42.5 Å². The number of benzene rings is 2. The molecule has 0 unspecified atom stereocenters. The van der Waals surface area contributed by atoms with Crippen molar-refractivity contribution in [3.8, 4) is 22.8 Å². The third-order valence-electron chi connectivity index (χ3n) is 5.17. The second kappa shape index (κ2) is 9.47. The van der Waals surface area contributed by atoms with E-state index in [9.17, 15) is 31.1 Å². The van der Waals surface area contributed by atoms with Crippen LogP contribution in [0.4, 0.5) is 32.0 Å². The van der Waals surface area contributed by atoms with Crippen LogP contribution in [0.5, 0.6) is 11.5 Å². The van der Waals surface area contributed by atoms with Gasteiger partial charge in [0.25, 0.3) is 5.91 Å². The van der Waals surface area contributed by atoms with Crippen molar-refractivity contribution in [3.63, 3.8) is 0 Å². The molecule has 14 heteroatoms. The number of hydrogen-bond donors (Lipinski definition) is 1. The molecule has 194 valence electrons. The minimum absolute atomic E-state index is 0.103. The van der Waals surface area contributed by atoms with E-state index in [1.807, 2.05) is 0 Å². The number of methoxy groups -OCH3 is 2. The monoisotopic (exact) mass is 544 g/mol. The molecule has 4 rings (SSSR count). The van der Waals surface area contributed by atoms with Crippen LogP contribution in [0.15, 0.2) is 48.5 Å². The lowest BCUT2D eigenvalue weighted by atomic mass is 10.1. The van der Waals surface area contributed by atoms with Gasteiger partial charge in [-0.15, -0.1) is 0 Å². The summed E-state index contributed by atoms with van der Waals surface area (Å²) < 4.78 is 91.5. The van der Waals surface area contributed by atoms with Crippen molar-refractivity contribution in [2.45, 2.75) is 12.4 Å². The summed E-state index contributed by atoms with van der Waals surface area (Å²) in [5.74, 6) is -0.491. The van der Waals surface area contributed by atoms with E-state index in [2.05, 4.69) is 15.4 Å². The fraction of sp³-hybridized carbons (Fsp3) is 0.174. The Kier molecular flexibility index (Phi) is 6.67. The van der Waals surface area contributed by atoms with Gasteiger partial charge in [0.1, 0.15) is 0 Å². The van der Waals surface area contributed by atoms with E-state index in [1.54, 1.807) is 0 Å². The highest BCUT2D eigenvalue weighted by atomic mass is 35.5. The van der Waals surface area contributed by atoms with Gasteiger partial charge in [0, 0.05) is 11.6 Å². The van der Waals surface area contributed by atoms with Gasteiger partial charge in [0.2, 0.25) is 0 Å². The number of fused-ring (bicyclic) bond motifs is 1. The van der Waals surface area contributed by atoms with Crippen LogP contribution < -0.4 is 14.8 Å². The molecule has 4 aromatic rings. The number of carbonyl (C=O) groups excluding carboxylic acids is 1. The first-order valence-corrected chi connectivity index (χ1v) is 10.6. The quantitative estimate of drug-likeness (QED) is 0.296. The van der Waals surface area contributed by atoms with Crippen molar-refractivity contribution in [1.29, 1.82) is 0 Å². The van der Waals surface area contributed by atoms with E-state index < -0.39 is 40.9 Å². The van der Waals surface area contributed by atoms with Gasteiger partial charge in [-0.3, -0.25) is 4.79 Å². The first-order valence-electron chi connectivity index (χ1n) is 10.2. The van der Waals surface area contributed by atoms with Gasteiger partial charge in [-0.25, -0.2) is 9.50 Å². The Labute approximate surface area is 209 Å². The largest absolute Gasteiger partial charge is 0.493 e. The summed E-state index contributed by atoms with van der Waals surface area (Å²) in [6.07, 6.45) is -9.60. The molecule has 2 aromatic heterocycles. The van der Waals surface area contributed by atoms with Crippen molar-refractivity contribution < 1.29 is 40.6 Å². The zero-order valence-electron chi connectivity index (χ0n) is 18.8. The number of rotatable bonds is 5. The fourth-order valence-electron chi connectivity index (χ4n) is 3.41. The lowest BCUT2D eigenvalue weighted by Crippen LogP contribution is -2.16. The molecule has 7 nitrogen and oxygen atoms in total. The van der Waals surface area contributed by atoms with Crippen molar-refractivity contribution in [1.82, 2.24) is 14.6 Å². The second-order valence-corrected chi connectivity index (χ2v) is 7.95. The van der Waals surface area contributed by atoms with Crippen LogP contribution in [0.1, 0.15) is 21.7 Å². The predicted molar refractivity (Wildman–Crippen MR) is 121 cm³/mol. The third kappa shape index (κ3) is 5.26. The molecule has 0 saturated carbocycles. The zero-order valence-corrected chi connectivity index (χ0v) is 19.6. The molecule has 0 radical (unpaired) electrons. The predicted octanol–water partition coefficient (Wildman–Crippen LogP) is 6.36. The molecular weight excluding hydrogens is 530 g/mol. The Bertz CT molecular complexity index is 1500. The molecule has 0 aliphatic rings. The molecule has 1 amide bonds. The Balaban J connectivity index is 1.77. The third-order valence-corrected chi connectivity index (χ3v) is 5.50. The summed E-state index contributed by atoms with van der Waals surface area (Å²) in [6.45, 7) is 0. The lowest BCUT2D eigenvalue weighted by Gasteiger charge is -2.12. The van der Waals surface area contributed by atoms with Gasteiger partial charge < -0.3 is 14.8 Å². The summed E-state index contributed by atoms with van der Waals surface area (Å²) in [6, 6.07) is 8.35. The standard InChI is InChI=1S/C23H15ClF6N4O3/c1-36-17-6-3-11(7-18(17)37-2)14-9-19(23(28,29)30)34-20(31-14)10-16(33-34)21(35)32-15-8-12(22(25,26)27)4-5-13(15)24/h3-10H,1-2H3,(H,32,35). The van der Waals surface area contributed by atoms with Crippen LogP contribution in [-0.2, 0) is 12.4 Å². The van der Waals surface area contributed by atoms with Gasteiger partial charge in [-0.2, -0.15) is 31.4 Å². The summed E-state index contributed by atoms with van der Waals surface area (Å²) in [4.78, 5) is 16.9. The van der Waals surface area contributed by atoms with E-state index in [-0.39, 0.29) is 27.7 Å². The molecule has 0 atom stereocenters. The minimum atomic E-state index is -4.89. The van der Waals surface area contributed by atoms with Crippen molar-refractivity contribution in [3.05, 3.63) is 70.5 Å². The fourth-order valence-corrected chi connectivity index (χ4v) is 3.58. The highest BCUT2D eigenvalue weighted by Crippen LogP contribution is 2.36. The number of nitrogens with zero attached hydrogens (tertiary/aromatic N) is 3. The highest BCUT2D eigenvalue weighted by Gasteiger charge is 2.36. The Morgan fingerprint density at radius 3 is 2.24 bits per heavy atom. The number of carbonyl (C=O) groups is 1. The van der Waals surface area contributed by atoms with Crippen LogP contribution in [0.3, 0.4) is 0 Å². The number of ether oxygens (including phenoxy) is 2. The van der Waals surface area contributed by atoms with Gasteiger partial charge in [0.05, 0.1) is 36.2 Å². The summed E-state index contributed by atoms with van der Waals surface area (Å²) >= 11 is 5.89. The smallest absolute Gasteiger partial charge is 0.433 e. The van der Waals surface area contributed by atoms with Gasteiger partial charge in [0.15, 0.2) is 28.5 Å². The number of hydrogen-bond acceptors (Lipinski definition) is 5. The number of alkyl halides is 6. The van der Waals surface area contributed by atoms with E-state index in [1.165, 1.54) is 32.4 Å². The summed E-state index contributed by atoms with van der Waals surface area (Å²) in [5.41, 5.74) is -3.42. The maximum absolute atomic E-state index is 13.9. The minimum Gasteiger partial charge on any atom is -0.493 e. The molecule has 0 aliphatic carbocycles. The zero-order chi connectivity index (χ0) is 27.1. The van der Waals surface area contributed by atoms with E-state index in [4.69, 9.17) is 21.1 Å². The second-order valence-electron chi connectivity index (χ2n) is 7.54. The van der Waals surface area contributed by atoms with Crippen LogP contribution >= 0.6 is 11.6 Å². The first-order chi connectivity index (χ1) is 17.3. The summed E-state index contributed by atoms with van der Waals surface area (Å²) in [5, 5.41) is 5.62. The Morgan fingerprint density at radius 2 is 1.62 bits per heavy atom. The van der Waals surface area contributed by atoms with Crippen molar-refractivity contribution in [2.24, 2.45) is 0 Å². The maximum Gasteiger partial charge on any atom is 0.433 e. The topological polar surface area (TPSA) is 77.8 Å². The number of aromatic nitrogens is 3. The molecule has 2 aromatic carbocycles. The first kappa shape index (κ1) is 26.1. The summed E-state index contributed by atoms with van der Waals surface area (Å²) in [7, 11) is 2.76. The maximum atomic E-state index is 13.9. The van der Waals surface area contributed by atoms with Crippen LogP contribution in [0.25, 0.3) is 16.9 Å². The van der Waals surface area contributed by atoms with Crippen molar-refractivity contribution >= 4 is 28.8 Å². The van der Waals surface area contributed by atoms with E-state index in [0.29, 0.717) is 16.3 Å². The molecule has 0 fully saturated rings. The number of amides is 1.